The third kappa shape index (κ3) is 2.98. The highest BCUT2D eigenvalue weighted by Crippen LogP contribution is 2.39. The van der Waals surface area contributed by atoms with Crippen LogP contribution in [0.4, 0.5) is 0 Å². The number of carbonyl (C=O) groups is 1. The van der Waals surface area contributed by atoms with Gasteiger partial charge in [-0.3, -0.25) is 9.36 Å². The van der Waals surface area contributed by atoms with Crippen molar-refractivity contribution < 1.29 is 19.4 Å². The van der Waals surface area contributed by atoms with Gasteiger partial charge in [0.25, 0.3) is 0 Å². The molecule has 14 heavy (non-hydrogen) atoms. The van der Waals surface area contributed by atoms with Gasteiger partial charge in [0, 0.05) is 11.5 Å². The molecule has 76 valence electrons. The van der Waals surface area contributed by atoms with E-state index in [0.717, 1.165) is 0 Å². The predicted octanol–water partition coefficient (Wildman–Crippen LogP) is 1.06. The van der Waals surface area contributed by atoms with Crippen LogP contribution in [0, 0.1) is 0 Å². The first-order valence-electron chi connectivity index (χ1n) is 4.11. The molecule has 0 saturated carbocycles. The van der Waals surface area contributed by atoms with Crippen LogP contribution in [0.25, 0.3) is 0 Å². The van der Waals surface area contributed by atoms with Gasteiger partial charge in [-0.1, -0.05) is 18.2 Å². The minimum atomic E-state index is -3.48. The summed E-state index contributed by atoms with van der Waals surface area (Å²) in [5, 5.41) is 8.70. The molecule has 1 rings (SSSR count). The van der Waals surface area contributed by atoms with E-state index in [2.05, 4.69) is 0 Å². The Kier molecular flexibility index (Phi) is 3.44. The van der Waals surface area contributed by atoms with Gasteiger partial charge in [0.2, 0.25) is 7.37 Å². The van der Waals surface area contributed by atoms with Gasteiger partial charge in [-0.15, -0.1) is 0 Å². The van der Waals surface area contributed by atoms with Crippen LogP contribution in [0.2, 0.25) is 0 Å². The summed E-state index contributed by atoms with van der Waals surface area (Å²) in [6, 6.07) is 8.10. The molecule has 1 aromatic rings. The largest absolute Gasteiger partial charge is 0.481 e. The Bertz CT molecular complexity index is 360. The molecule has 0 aromatic heterocycles. The van der Waals surface area contributed by atoms with Crippen LogP contribution in [0.3, 0.4) is 0 Å². The minimum absolute atomic E-state index is 0.216. The number of rotatable bonds is 4. The summed E-state index contributed by atoms with van der Waals surface area (Å²) in [7, 11) is -3.48. The van der Waals surface area contributed by atoms with E-state index in [-0.39, 0.29) is 12.6 Å². The fourth-order valence-electron chi connectivity index (χ4n) is 1.04. The predicted molar refractivity (Wildman–Crippen MR) is 53.0 cm³/mol. The van der Waals surface area contributed by atoms with Crippen molar-refractivity contribution in [1.82, 2.24) is 0 Å². The summed E-state index contributed by atoms with van der Waals surface area (Å²) in [5.74, 6) is -1.06. The van der Waals surface area contributed by atoms with Gasteiger partial charge < -0.3 is 10.00 Å². The van der Waals surface area contributed by atoms with Crippen LogP contribution in [-0.4, -0.2) is 22.1 Å². The van der Waals surface area contributed by atoms with E-state index in [4.69, 9.17) is 5.11 Å². The maximum absolute atomic E-state index is 11.6. The molecule has 0 radical (unpaired) electrons. The number of benzene rings is 1. The zero-order chi connectivity index (χ0) is 10.6. The molecule has 0 aliphatic rings. The number of aliphatic carboxylic acids is 1. The van der Waals surface area contributed by atoms with Crippen molar-refractivity contribution in [3.8, 4) is 0 Å². The normalized spacial score (nSPS) is 14.6. The SMILES string of the molecule is O=C(O)CCP(=O)(O)c1ccccc1. The van der Waals surface area contributed by atoms with Crippen LogP contribution >= 0.6 is 7.37 Å². The van der Waals surface area contributed by atoms with Crippen molar-refractivity contribution in [3.63, 3.8) is 0 Å². The molecular weight excluding hydrogens is 203 g/mol. The number of hydrogen-bond donors (Lipinski definition) is 2. The zero-order valence-corrected chi connectivity index (χ0v) is 8.35. The summed E-state index contributed by atoms with van der Waals surface area (Å²) in [6.45, 7) is 0. The van der Waals surface area contributed by atoms with Crippen LogP contribution < -0.4 is 5.30 Å². The zero-order valence-electron chi connectivity index (χ0n) is 7.46. The average molecular weight is 214 g/mol. The van der Waals surface area contributed by atoms with E-state index in [1.54, 1.807) is 18.2 Å². The Morgan fingerprint density at radius 1 is 1.29 bits per heavy atom. The van der Waals surface area contributed by atoms with E-state index in [1.807, 2.05) is 0 Å². The minimum Gasteiger partial charge on any atom is -0.481 e. The monoisotopic (exact) mass is 214 g/mol. The highest BCUT2D eigenvalue weighted by Gasteiger charge is 2.21. The summed E-state index contributed by atoms with van der Waals surface area (Å²) in [6.07, 6.45) is -0.505. The fraction of sp³-hybridized carbons (Fsp3) is 0.222. The lowest BCUT2D eigenvalue weighted by molar-refractivity contribution is -0.136. The average Bonchev–Trinajstić information content (AvgIpc) is 2.16. The first kappa shape index (κ1) is 11.0. The van der Waals surface area contributed by atoms with E-state index in [9.17, 15) is 14.3 Å². The van der Waals surface area contributed by atoms with Crippen molar-refractivity contribution >= 4 is 18.6 Å². The Morgan fingerprint density at radius 3 is 2.36 bits per heavy atom. The second kappa shape index (κ2) is 4.40. The summed E-state index contributed by atoms with van der Waals surface area (Å²) >= 11 is 0. The first-order chi connectivity index (χ1) is 6.52. The van der Waals surface area contributed by atoms with Gasteiger partial charge in [0.1, 0.15) is 0 Å². The number of hydrogen-bond acceptors (Lipinski definition) is 2. The standard InChI is InChI=1S/C9H11O4P/c10-9(11)6-7-14(12,13)8-4-2-1-3-5-8/h1-5H,6-7H2,(H,10,11)(H,12,13). The molecule has 0 aliphatic heterocycles. The highest BCUT2D eigenvalue weighted by atomic mass is 31.2. The highest BCUT2D eigenvalue weighted by molar-refractivity contribution is 7.66. The van der Waals surface area contributed by atoms with Crippen LogP contribution in [-0.2, 0) is 9.36 Å². The Balaban J connectivity index is 2.76. The molecule has 0 spiro atoms. The van der Waals surface area contributed by atoms with E-state index in [0.29, 0.717) is 5.30 Å². The third-order valence-electron chi connectivity index (χ3n) is 1.79. The maximum Gasteiger partial charge on any atom is 0.303 e. The van der Waals surface area contributed by atoms with Crippen molar-refractivity contribution in [2.24, 2.45) is 0 Å². The number of carboxylic acid groups (broad SMARTS) is 1. The molecule has 0 aliphatic carbocycles. The van der Waals surface area contributed by atoms with E-state index in [1.165, 1.54) is 12.1 Å². The second-order valence-corrected chi connectivity index (χ2v) is 5.27. The van der Waals surface area contributed by atoms with Gasteiger partial charge in [-0.2, -0.15) is 0 Å². The molecule has 0 saturated heterocycles. The molecule has 2 N–H and O–H groups in total. The van der Waals surface area contributed by atoms with Gasteiger partial charge in [-0.25, -0.2) is 0 Å². The number of carboxylic acids is 1. The Hall–Kier alpha value is -1.12. The molecule has 4 nitrogen and oxygen atoms in total. The van der Waals surface area contributed by atoms with Gasteiger partial charge >= 0.3 is 5.97 Å². The fourth-order valence-corrected chi connectivity index (χ4v) is 2.43. The lowest BCUT2D eigenvalue weighted by Gasteiger charge is -2.09. The first-order valence-corrected chi connectivity index (χ1v) is 5.96. The van der Waals surface area contributed by atoms with Crippen molar-refractivity contribution in [2.75, 3.05) is 6.16 Å². The quantitative estimate of drug-likeness (QED) is 0.735. The molecule has 0 heterocycles. The van der Waals surface area contributed by atoms with Crippen molar-refractivity contribution in [1.29, 1.82) is 0 Å². The van der Waals surface area contributed by atoms with Gasteiger partial charge in [0.05, 0.1) is 6.42 Å². The summed E-state index contributed by atoms with van der Waals surface area (Å²) in [4.78, 5) is 19.8. The third-order valence-corrected chi connectivity index (χ3v) is 3.72. The Labute approximate surface area is 81.7 Å². The second-order valence-electron chi connectivity index (χ2n) is 2.90. The lowest BCUT2D eigenvalue weighted by Crippen LogP contribution is -2.09. The molecule has 5 heteroatoms. The molecular formula is C9H11O4P. The molecule has 0 amide bonds. The molecule has 1 aromatic carbocycles. The molecule has 1 unspecified atom stereocenters. The van der Waals surface area contributed by atoms with Crippen molar-refractivity contribution in [2.45, 2.75) is 6.42 Å². The van der Waals surface area contributed by atoms with E-state index < -0.39 is 13.3 Å². The van der Waals surface area contributed by atoms with Crippen LogP contribution in [0.1, 0.15) is 6.42 Å². The smallest absolute Gasteiger partial charge is 0.303 e. The topological polar surface area (TPSA) is 74.6 Å². The maximum atomic E-state index is 11.6. The molecule has 0 bridgehead atoms. The summed E-state index contributed by atoms with van der Waals surface area (Å²) in [5.41, 5.74) is 0. The molecule has 1 atom stereocenters. The van der Waals surface area contributed by atoms with Gasteiger partial charge in [-0.05, 0) is 12.1 Å². The lowest BCUT2D eigenvalue weighted by atomic mass is 10.4. The van der Waals surface area contributed by atoms with Crippen LogP contribution in [0.15, 0.2) is 30.3 Å². The molecule has 0 fully saturated rings. The van der Waals surface area contributed by atoms with Gasteiger partial charge in [0.15, 0.2) is 0 Å². The van der Waals surface area contributed by atoms with Crippen molar-refractivity contribution in [3.05, 3.63) is 30.3 Å². The summed E-state index contributed by atoms with van der Waals surface area (Å²) < 4.78 is 11.6. The Morgan fingerprint density at radius 2 is 1.86 bits per heavy atom. The van der Waals surface area contributed by atoms with Crippen LogP contribution in [0.5, 0.6) is 0 Å². The van der Waals surface area contributed by atoms with E-state index >= 15 is 0 Å².